The molecule has 2 rings (SSSR count). The number of aryl methyl sites for hydroxylation is 1. The highest BCUT2D eigenvalue weighted by Gasteiger charge is 2.41. The molecule has 1 aliphatic rings. The first-order chi connectivity index (χ1) is 13.5. The van der Waals surface area contributed by atoms with Crippen molar-refractivity contribution in [1.29, 1.82) is 0 Å². The minimum absolute atomic E-state index is 0.00550. The molecule has 1 aromatic rings. The third-order valence-electron chi connectivity index (χ3n) is 5.50. The maximum atomic E-state index is 10.5. The van der Waals surface area contributed by atoms with Crippen LogP contribution in [0, 0.1) is 11.8 Å². The van der Waals surface area contributed by atoms with E-state index in [2.05, 4.69) is 25.1 Å². The van der Waals surface area contributed by atoms with Gasteiger partial charge in [-0.05, 0) is 62.1 Å². The fourth-order valence-electron chi connectivity index (χ4n) is 3.76. The first kappa shape index (κ1) is 22.8. The van der Waals surface area contributed by atoms with Crippen LogP contribution >= 0.6 is 11.6 Å². The van der Waals surface area contributed by atoms with Gasteiger partial charge in [-0.25, -0.2) is 0 Å². The summed E-state index contributed by atoms with van der Waals surface area (Å²) in [6.07, 6.45) is 10.1. The molecule has 0 amide bonds. The SMILES string of the molecule is CCCCc1ccc(OC[C@@H]2[C@@H](C/C=C\CCCC(=O)O)[C@H](Cl)C[C@H]2O)cc1. The smallest absolute Gasteiger partial charge is 0.303 e. The number of alkyl halides is 1. The number of aliphatic hydroxyl groups is 1. The second-order valence-electron chi connectivity index (χ2n) is 7.70. The maximum absolute atomic E-state index is 10.5. The van der Waals surface area contributed by atoms with Crippen molar-refractivity contribution in [2.24, 2.45) is 11.8 Å². The fraction of sp³-hybridized carbons (Fsp3) is 0.609. The summed E-state index contributed by atoms with van der Waals surface area (Å²) in [7, 11) is 0. The van der Waals surface area contributed by atoms with Crippen molar-refractivity contribution in [3.8, 4) is 5.75 Å². The minimum Gasteiger partial charge on any atom is -0.493 e. The number of carbonyl (C=O) groups is 1. The predicted octanol–water partition coefficient (Wildman–Crippen LogP) is 5.21. The highest BCUT2D eigenvalue weighted by atomic mass is 35.5. The lowest BCUT2D eigenvalue weighted by molar-refractivity contribution is -0.137. The molecule has 0 aliphatic heterocycles. The van der Waals surface area contributed by atoms with Crippen LogP contribution in [0.1, 0.15) is 57.4 Å². The zero-order chi connectivity index (χ0) is 20.4. The number of carboxylic acids is 1. The van der Waals surface area contributed by atoms with Crippen molar-refractivity contribution >= 4 is 17.6 Å². The Morgan fingerprint density at radius 3 is 2.64 bits per heavy atom. The van der Waals surface area contributed by atoms with E-state index >= 15 is 0 Å². The molecule has 0 aromatic heterocycles. The molecule has 156 valence electrons. The summed E-state index contributed by atoms with van der Waals surface area (Å²) < 4.78 is 5.96. The first-order valence-electron chi connectivity index (χ1n) is 10.4. The molecular formula is C23H33ClO4. The molecule has 5 heteroatoms. The van der Waals surface area contributed by atoms with Gasteiger partial charge in [-0.15, -0.1) is 11.6 Å². The Morgan fingerprint density at radius 2 is 1.96 bits per heavy atom. The Labute approximate surface area is 173 Å². The van der Waals surface area contributed by atoms with Gasteiger partial charge in [-0.2, -0.15) is 0 Å². The van der Waals surface area contributed by atoms with Gasteiger partial charge in [0.05, 0.1) is 12.7 Å². The Hall–Kier alpha value is -1.52. The number of benzene rings is 1. The van der Waals surface area contributed by atoms with E-state index in [1.165, 1.54) is 18.4 Å². The van der Waals surface area contributed by atoms with E-state index < -0.39 is 12.1 Å². The number of hydrogen-bond donors (Lipinski definition) is 2. The lowest BCUT2D eigenvalue weighted by Gasteiger charge is -2.22. The molecule has 28 heavy (non-hydrogen) atoms. The summed E-state index contributed by atoms with van der Waals surface area (Å²) in [5, 5.41) is 19.0. The van der Waals surface area contributed by atoms with Gasteiger partial charge in [0.25, 0.3) is 0 Å². The summed E-state index contributed by atoms with van der Waals surface area (Å²) in [6, 6.07) is 8.22. The van der Waals surface area contributed by atoms with Crippen LogP contribution in [-0.4, -0.2) is 34.3 Å². The van der Waals surface area contributed by atoms with Gasteiger partial charge in [0.2, 0.25) is 0 Å². The second-order valence-corrected chi connectivity index (χ2v) is 8.26. The lowest BCUT2D eigenvalue weighted by atomic mass is 9.92. The molecule has 4 nitrogen and oxygen atoms in total. The van der Waals surface area contributed by atoms with Gasteiger partial charge in [0, 0.05) is 17.7 Å². The summed E-state index contributed by atoms with van der Waals surface area (Å²) in [6.45, 7) is 2.65. The molecule has 0 radical (unpaired) electrons. The predicted molar refractivity (Wildman–Crippen MR) is 113 cm³/mol. The minimum atomic E-state index is -0.760. The van der Waals surface area contributed by atoms with E-state index in [0.29, 0.717) is 19.4 Å². The fourth-order valence-corrected chi connectivity index (χ4v) is 4.23. The third-order valence-corrected chi connectivity index (χ3v) is 6.00. The van der Waals surface area contributed by atoms with Gasteiger partial charge in [-0.3, -0.25) is 4.79 Å². The summed E-state index contributed by atoms with van der Waals surface area (Å²) in [4.78, 5) is 10.5. The Morgan fingerprint density at radius 1 is 1.21 bits per heavy atom. The zero-order valence-corrected chi connectivity index (χ0v) is 17.5. The standard InChI is InChI=1S/C23H33ClO4/c1-2-3-8-17-11-13-18(14-12-17)28-16-20-19(21(24)15-22(20)25)9-6-4-5-7-10-23(26)27/h4,6,11-14,19-22,25H,2-3,5,7-10,15-16H2,1H3,(H,26,27)/b6-4-/t19-,20-,21-,22-/m1/s1. The largest absolute Gasteiger partial charge is 0.493 e. The van der Waals surface area contributed by atoms with Crippen LogP contribution in [0.3, 0.4) is 0 Å². The lowest BCUT2D eigenvalue weighted by Crippen LogP contribution is -2.27. The summed E-state index contributed by atoms with van der Waals surface area (Å²) in [5.41, 5.74) is 1.32. The van der Waals surface area contributed by atoms with Crippen molar-refractivity contribution in [3.05, 3.63) is 42.0 Å². The molecule has 0 spiro atoms. The molecule has 0 heterocycles. The number of rotatable bonds is 12. The highest BCUT2D eigenvalue weighted by molar-refractivity contribution is 6.21. The van der Waals surface area contributed by atoms with Crippen LogP contribution in [0.15, 0.2) is 36.4 Å². The molecule has 0 saturated heterocycles. The Balaban J connectivity index is 1.82. The molecular weight excluding hydrogens is 376 g/mol. The normalized spacial score (nSPS) is 24.7. The van der Waals surface area contributed by atoms with Gasteiger partial charge in [-0.1, -0.05) is 37.6 Å². The Bertz CT molecular complexity index is 614. The number of aliphatic hydroxyl groups excluding tert-OH is 1. The van der Waals surface area contributed by atoms with E-state index in [9.17, 15) is 9.90 Å². The van der Waals surface area contributed by atoms with Crippen LogP contribution < -0.4 is 4.74 Å². The van der Waals surface area contributed by atoms with Crippen molar-refractivity contribution in [1.82, 2.24) is 0 Å². The van der Waals surface area contributed by atoms with Crippen molar-refractivity contribution in [3.63, 3.8) is 0 Å². The molecule has 1 aromatic carbocycles. The van der Waals surface area contributed by atoms with E-state index in [1.807, 2.05) is 18.2 Å². The van der Waals surface area contributed by atoms with Crippen LogP contribution in [0.2, 0.25) is 0 Å². The van der Waals surface area contributed by atoms with Crippen LogP contribution in [-0.2, 0) is 11.2 Å². The van der Waals surface area contributed by atoms with Crippen LogP contribution in [0.25, 0.3) is 0 Å². The van der Waals surface area contributed by atoms with E-state index in [4.69, 9.17) is 21.4 Å². The van der Waals surface area contributed by atoms with E-state index in [1.54, 1.807) is 0 Å². The number of aliphatic carboxylic acids is 1. The molecule has 1 aliphatic carbocycles. The van der Waals surface area contributed by atoms with E-state index in [-0.39, 0.29) is 23.6 Å². The monoisotopic (exact) mass is 408 g/mol. The van der Waals surface area contributed by atoms with Crippen molar-refractivity contribution in [2.45, 2.75) is 69.8 Å². The molecule has 4 atom stereocenters. The summed E-state index contributed by atoms with van der Waals surface area (Å²) >= 11 is 6.47. The first-order valence-corrected chi connectivity index (χ1v) is 10.9. The van der Waals surface area contributed by atoms with Crippen LogP contribution in [0.5, 0.6) is 5.75 Å². The van der Waals surface area contributed by atoms with Gasteiger partial charge in [0.1, 0.15) is 5.75 Å². The number of hydrogen-bond acceptors (Lipinski definition) is 3. The quantitative estimate of drug-likeness (QED) is 0.283. The maximum Gasteiger partial charge on any atom is 0.303 e. The molecule has 0 unspecified atom stereocenters. The average Bonchev–Trinajstić information content (AvgIpc) is 2.94. The highest BCUT2D eigenvalue weighted by Crippen LogP contribution is 2.39. The average molecular weight is 409 g/mol. The number of carboxylic acid groups (broad SMARTS) is 1. The topological polar surface area (TPSA) is 66.8 Å². The number of allylic oxidation sites excluding steroid dienone is 2. The number of ether oxygens (including phenoxy) is 1. The third kappa shape index (κ3) is 7.48. The van der Waals surface area contributed by atoms with Gasteiger partial charge >= 0.3 is 5.97 Å². The number of halogens is 1. The zero-order valence-electron chi connectivity index (χ0n) is 16.7. The van der Waals surface area contributed by atoms with Crippen molar-refractivity contribution in [2.75, 3.05) is 6.61 Å². The number of unbranched alkanes of at least 4 members (excludes halogenated alkanes) is 2. The molecule has 2 N–H and O–H groups in total. The molecule has 1 saturated carbocycles. The summed E-state index contributed by atoms with van der Waals surface area (Å²) in [5.74, 6) is 0.235. The van der Waals surface area contributed by atoms with Crippen molar-refractivity contribution < 1.29 is 19.7 Å². The Kier molecular flexibility index (Phi) is 9.86. The molecule has 0 bridgehead atoms. The van der Waals surface area contributed by atoms with Crippen LogP contribution in [0.4, 0.5) is 0 Å². The van der Waals surface area contributed by atoms with Gasteiger partial charge in [0.15, 0.2) is 0 Å². The van der Waals surface area contributed by atoms with E-state index in [0.717, 1.165) is 25.0 Å². The van der Waals surface area contributed by atoms with Gasteiger partial charge < -0.3 is 14.9 Å². The second kappa shape index (κ2) is 12.1. The molecule has 1 fully saturated rings.